The first-order valence-corrected chi connectivity index (χ1v) is 6.36. The summed E-state index contributed by atoms with van der Waals surface area (Å²) in [6.07, 6.45) is 1.70. The molecule has 18 heavy (non-hydrogen) atoms. The summed E-state index contributed by atoms with van der Waals surface area (Å²) in [5, 5.41) is 11.7. The van der Waals surface area contributed by atoms with Gasteiger partial charge >= 0.3 is 0 Å². The van der Waals surface area contributed by atoms with Gasteiger partial charge in [0, 0.05) is 19.1 Å². The molecule has 0 radical (unpaired) electrons. The molecule has 98 valence electrons. The molecule has 1 aliphatic rings. The highest BCUT2D eigenvalue weighted by Gasteiger charge is 2.29. The zero-order chi connectivity index (χ0) is 13.0. The van der Waals surface area contributed by atoms with Crippen molar-refractivity contribution in [2.45, 2.75) is 38.3 Å². The van der Waals surface area contributed by atoms with Crippen molar-refractivity contribution in [3.05, 3.63) is 29.8 Å². The van der Waals surface area contributed by atoms with E-state index in [0.29, 0.717) is 12.8 Å². The molecule has 2 rings (SSSR count). The van der Waals surface area contributed by atoms with Crippen molar-refractivity contribution in [1.82, 2.24) is 5.32 Å². The fraction of sp³-hybridized carbons (Fsp3) is 0.500. The van der Waals surface area contributed by atoms with E-state index in [9.17, 15) is 4.79 Å². The number of para-hydroxylation sites is 1. The normalized spacial score (nSPS) is 18.9. The second-order valence-electron chi connectivity index (χ2n) is 4.69. The van der Waals surface area contributed by atoms with Crippen molar-refractivity contribution >= 4 is 5.91 Å². The Morgan fingerprint density at radius 2 is 2.33 bits per heavy atom. The molecule has 0 aliphatic carbocycles. The van der Waals surface area contributed by atoms with Gasteiger partial charge in [-0.1, -0.05) is 18.2 Å². The molecule has 0 spiro atoms. The van der Waals surface area contributed by atoms with E-state index in [1.165, 1.54) is 0 Å². The van der Waals surface area contributed by atoms with E-state index in [1.54, 1.807) is 0 Å². The molecule has 0 saturated carbocycles. The van der Waals surface area contributed by atoms with Crippen LogP contribution in [0.3, 0.4) is 0 Å². The van der Waals surface area contributed by atoms with Gasteiger partial charge in [-0.15, -0.1) is 0 Å². The average molecular weight is 249 g/mol. The van der Waals surface area contributed by atoms with Crippen molar-refractivity contribution in [3.63, 3.8) is 0 Å². The van der Waals surface area contributed by atoms with Crippen LogP contribution in [-0.2, 0) is 11.2 Å². The fourth-order valence-corrected chi connectivity index (χ4v) is 2.13. The molecule has 1 aromatic rings. The second-order valence-corrected chi connectivity index (χ2v) is 4.69. The Balaban J connectivity index is 1.85. The van der Waals surface area contributed by atoms with Crippen LogP contribution in [0.5, 0.6) is 5.75 Å². The third kappa shape index (κ3) is 3.01. The van der Waals surface area contributed by atoms with Gasteiger partial charge in [0.15, 0.2) is 6.10 Å². The molecular weight excluding hydrogens is 230 g/mol. The fourth-order valence-electron chi connectivity index (χ4n) is 2.13. The highest BCUT2D eigenvalue weighted by molar-refractivity contribution is 5.82. The highest BCUT2D eigenvalue weighted by Crippen LogP contribution is 2.28. The van der Waals surface area contributed by atoms with Crippen LogP contribution in [-0.4, -0.2) is 29.8 Å². The van der Waals surface area contributed by atoms with Crippen LogP contribution in [0.2, 0.25) is 0 Å². The third-order valence-electron chi connectivity index (χ3n) is 3.12. The number of rotatable bonds is 5. The Morgan fingerprint density at radius 1 is 1.56 bits per heavy atom. The number of aliphatic hydroxyl groups excluding tert-OH is 1. The van der Waals surface area contributed by atoms with Gasteiger partial charge in [0.1, 0.15) is 5.75 Å². The van der Waals surface area contributed by atoms with Crippen LogP contribution in [0.1, 0.15) is 25.3 Å². The summed E-state index contributed by atoms with van der Waals surface area (Å²) in [7, 11) is 0. The Morgan fingerprint density at radius 3 is 3.06 bits per heavy atom. The minimum Gasteiger partial charge on any atom is -0.480 e. The summed E-state index contributed by atoms with van der Waals surface area (Å²) in [5.41, 5.74) is 1.08. The van der Waals surface area contributed by atoms with Crippen LogP contribution >= 0.6 is 0 Å². The van der Waals surface area contributed by atoms with Crippen LogP contribution < -0.4 is 10.1 Å². The number of aliphatic hydroxyl groups is 1. The van der Waals surface area contributed by atoms with Gasteiger partial charge < -0.3 is 15.2 Å². The lowest BCUT2D eigenvalue weighted by atomic mass is 10.1. The molecule has 0 saturated heterocycles. The summed E-state index contributed by atoms with van der Waals surface area (Å²) in [6, 6.07) is 7.79. The molecule has 0 bridgehead atoms. The molecule has 1 amide bonds. The van der Waals surface area contributed by atoms with Gasteiger partial charge in [-0.05, 0) is 31.4 Å². The van der Waals surface area contributed by atoms with E-state index >= 15 is 0 Å². The Labute approximate surface area is 107 Å². The number of carbonyl (C=O) groups excluding carboxylic acids is 1. The summed E-state index contributed by atoms with van der Waals surface area (Å²) in [6.45, 7) is 2.10. The predicted molar refractivity (Wildman–Crippen MR) is 68.5 cm³/mol. The standard InChI is InChI=1S/C14H19NO3/c1-10(5-4-8-16)15-14(17)13-9-11-6-2-3-7-12(11)18-13/h2-3,6-7,10,13,16H,4-5,8-9H2,1H3,(H,15,17). The number of hydrogen-bond acceptors (Lipinski definition) is 3. The van der Waals surface area contributed by atoms with Gasteiger partial charge in [0.25, 0.3) is 5.91 Å². The molecule has 2 atom stereocenters. The van der Waals surface area contributed by atoms with E-state index in [0.717, 1.165) is 17.7 Å². The van der Waals surface area contributed by atoms with Gasteiger partial charge in [-0.2, -0.15) is 0 Å². The number of amides is 1. The van der Waals surface area contributed by atoms with Crippen LogP contribution in [0.25, 0.3) is 0 Å². The quantitative estimate of drug-likeness (QED) is 0.826. The van der Waals surface area contributed by atoms with Crippen molar-refractivity contribution in [2.75, 3.05) is 6.61 Å². The molecule has 0 fully saturated rings. The Hall–Kier alpha value is -1.55. The lowest BCUT2D eigenvalue weighted by Gasteiger charge is -2.16. The maximum Gasteiger partial charge on any atom is 0.261 e. The van der Waals surface area contributed by atoms with Gasteiger partial charge in [0.2, 0.25) is 0 Å². The van der Waals surface area contributed by atoms with Crippen LogP contribution in [0.4, 0.5) is 0 Å². The smallest absolute Gasteiger partial charge is 0.261 e. The van der Waals surface area contributed by atoms with E-state index in [4.69, 9.17) is 9.84 Å². The van der Waals surface area contributed by atoms with Crippen LogP contribution in [0, 0.1) is 0 Å². The topological polar surface area (TPSA) is 58.6 Å². The maximum atomic E-state index is 12.0. The molecule has 2 N–H and O–H groups in total. The molecule has 1 aliphatic heterocycles. The van der Waals surface area contributed by atoms with Gasteiger partial charge in [0.05, 0.1) is 0 Å². The molecule has 1 heterocycles. The van der Waals surface area contributed by atoms with Crippen molar-refractivity contribution in [1.29, 1.82) is 0 Å². The van der Waals surface area contributed by atoms with E-state index in [1.807, 2.05) is 31.2 Å². The van der Waals surface area contributed by atoms with E-state index in [-0.39, 0.29) is 18.6 Å². The first-order chi connectivity index (χ1) is 8.70. The SMILES string of the molecule is CC(CCCO)NC(=O)C1Cc2ccccc2O1. The third-order valence-corrected chi connectivity index (χ3v) is 3.12. The van der Waals surface area contributed by atoms with Crippen molar-refractivity contribution in [2.24, 2.45) is 0 Å². The summed E-state index contributed by atoms with van der Waals surface area (Å²) < 4.78 is 5.61. The number of benzene rings is 1. The van der Waals surface area contributed by atoms with Crippen molar-refractivity contribution in [3.8, 4) is 5.75 Å². The average Bonchev–Trinajstić information content (AvgIpc) is 2.80. The first kappa shape index (κ1) is 12.9. The number of carbonyl (C=O) groups is 1. The van der Waals surface area contributed by atoms with Crippen LogP contribution in [0.15, 0.2) is 24.3 Å². The van der Waals surface area contributed by atoms with Gasteiger partial charge in [-0.25, -0.2) is 0 Å². The summed E-state index contributed by atoms with van der Waals surface area (Å²) in [4.78, 5) is 12.0. The first-order valence-electron chi connectivity index (χ1n) is 6.36. The van der Waals surface area contributed by atoms with Crippen molar-refractivity contribution < 1.29 is 14.6 Å². The lowest BCUT2D eigenvalue weighted by molar-refractivity contribution is -0.127. The largest absolute Gasteiger partial charge is 0.480 e. The molecule has 2 unspecified atom stereocenters. The number of fused-ring (bicyclic) bond motifs is 1. The zero-order valence-corrected chi connectivity index (χ0v) is 10.6. The predicted octanol–water partition coefficient (Wildman–Crippen LogP) is 1.27. The summed E-state index contributed by atoms with van der Waals surface area (Å²) >= 11 is 0. The van der Waals surface area contributed by atoms with Gasteiger partial charge in [-0.3, -0.25) is 4.79 Å². The zero-order valence-electron chi connectivity index (χ0n) is 10.6. The van der Waals surface area contributed by atoms with E-state index < -0.39 is 6.10 Å². The molecule has 1 aromatic carbocycles. The molecule has 4 heteroatoms. The maximum absolute atomic E-state index is 12.0. The second kappa shape index (κ2) is 5.87. The Bertz CT molecular complexity index is 394. The van der Waals surface area contributed by atoms with E-state index in [2.05, 4.69) is 5.32 Å². The molecular formula is C14H19NO3. The monoisotopic (exact) mass is 249 g/mol. The number of ether oxygens (including phenoxy) is 1. The number of nitrogens with one attached hydrogen (secondary N) is 1. The molecule has 0 aromatic heterocycles. The highest BCUT2D eigenvalue weighted by atomic mass is 16.5. The summed E-state index contributed by atoms with van der Waals surface area (Å²) in [5.74, 6) is 0.734. The molecule has 4 nitrogen and oxygen atoms in total. The minimum absolute atomic E-state index is 0.0666. The Kier molecular flexibility index (Phi) is 4.20. The minimum atomic E-state index is -0.418. The lowest BCUT2D eigenvalue weighted by Crippen LogP contribution is -2.42. The number of hydrogen-bond donors (Lipinski definition) is 2.